The topological polar surface area (TPSA) is 666 Å². The zero-order chi connectivity index (χ0) is 84.8. The van der Waals surface area contributed by atoms with E-state index in [4.69, 9.17) is 28.7 Å². The first kappa shape index (κ1) is 96.7. The van der Waals surface area contributed by atoms with Gasteiger partial charge in [-0.1, -0.05) is 99.6 Å². The van der Waals surface area contributed by atoms with Crippen LogP contribution in [0.1, 0.15) is 171 Å². The van der Waals surface area contributed by atoms with Gasteiger partial charge < -0.3 is 113 Å². The maximum Gasteiger partial charge on any atom is 0.326 e. The molecule has 0 bridgehead atoms. The first-order valence-corrected chi connectivity index (χ1v) is 37.1. The fourth-order valence-corrected chi connectivity index (χ4v) is 11.3. The van der Waals surface area contributed by atoms with Crippen molar-refractivity contribution in [1.82, 2.24) is 73.8 Å². The molecule has 0 saturated heterocycles. The second-order valence-electron chi connectivity index (χ2n) is 29.5. The number of carbonyl (C=O) groups is 17. The van der Waals surface area contributed by atoms with Crippen LogP contribution in [-0.4, -0.2) is 217 Å². The highest BCUT2D eigenvalue weighted by Crippen LogP contribution is 2.16. The van der Waals surface area contributed by atoms with Crippen molar-refractivity contribution < 1.29 is 96.8 Å². The van der Waals surface area contributed by atoms with Crippen molar-refractivity contribution in [3.05, 3.63) is 54.1 Å². The number of carbonyl (C=O) groups excluding carboxylic acids is 14. The summed E-state index contributed by atoms with van der Waals surface area (Å²) in [5.74, 6) is -20.8. The third-order valence-corrected chi connectivity index (χ3v) is 17.1. The van der Waals surface area contributed by atoms with Crippen molar-refractivity contribution in [2.75, 3.05) is 6.54 Å². The van der Waals surface area contributed by atoms with Crippen LogP contribution in [0.3, 0.4) is 0 Å². The van der Waals surface area contributed by atoms with E-state index in [1.807, 2.05) is 27.7 Å². The van der Waals surface area contributed by atoms with Gasteiger partial charge in [0.2, 0.25) is 82.7 Å². The molecule has 1 heterocycles. The Kier molecular flexibility index (Phi) is 42.3. The number of nitrogens with zero attached hydrogens (tertiary/aromatic N) is 2. The van der Waals surface area contributed by atoms with Gasteiger partial charge in [-0.25, -0.2) is 9.78 Å². The van der Waals surface area contributed by atoms with E-state index in [0.29, 0.717) is 17.7 Å². The number of primary amides is 2. The Morgan fingerprint density at radius 1 is 0.411 bits per heavy atom. The third-order valence-electron chi connectivity index (χ3n) is 17.1. The van der Waals surface area contributed by atoms with Crippen molar-refractivity contribution in [1.29, 1.82) is 0 Å². The molecule has 1 aromatic carbocycles. The molecule has 0 aliphatic heterocycles. The summed E-state index contributed by atoms with van der Waals surface area (Å²) >= 11 is 0. The summed E-state index contributed by atoms with van der Waals surface area (Å²) in [4.78, 5) is 241. The van der Waals surface area contributed by atoms with E-state index in [9.17, 15) is 96.8 Å². The summed E-state index contributed by atoms with van der Waals surface area (Å²) in [5, 5.41) is 59.5. The molecule has 0 radical (unpaired) electrons. The van der Waals surface area contributed by atoms with E-state index in [0.717, 1.165) is 0 Å². The summed E-state index contributed by atoms with van der Waals surface area (Å²) in [6.07, 6.45) is -2.89. The number of aliphatic carboxylic acids is 3. The lowest BCUT2D eigenvalue weighted by Crippen LogP contribution is -2.61. The number of amides is 14. The number of aromatic amines is 1. The number of aliphatic imine (C=N–C) groups is 1. The molecule has 26 N–H and O–H groups in total. The van der Waals surface area contributed by atoms with Crippen LogP contribution in [-0.2, 0) is 94.3 Å². The van der Waals surface area contributed by atoms with Crippen LogP contribution in [0.25, 0.3) is 0 Å². The number of benzene rings is 1. The van der Waals surface area contributed by atoms with E-state index < -0.39 is 236 Å². The minimum absolute atomic E-state index is 0.0118. The van der Waals surface area contributed by atoms with Crippen molar-refractivity contribution in [2.45, 2.75) is 251 Å². The molecule has 40 heteroatoms. The van der Waals surface area contributed by atoms with Crippen LogP contribution in [0.4, 0.5) is 0 Å². The van der Waals surface area contributed by atoms with Crippen LogP contribution in [0.15, 0.2) is 47.8 Å². The molecule has 13 atom stereocenters. The molecule has 0 fully saturated rings. The standard InChI is InChI=1S/C72H116N20O20/c1-35(2)26-43(73)60(100)86-48(27-36(3)4)65(105)81-40(11)59(99)82-44(18-15-25-79-72(76)77)61(101)87-50(29-38(7)8)67(107)88-49(28-37(5)6)66(106)85-47(21-24-56(95)96)63(103)89-52(32-57(97)98)69(109)84-45(19-22-54(74)93)62(102)83-46(20-23-55(75)94)64(104)92-58(39(9)10)70(110)90-51(31-42-33-78-34-80-42)68(108)91-53(71(111)112)30-41-16-13-12-14-17-41/h12-14,16-17,33-40,43-53,58H,15,18-32,73H2,1-11H3,(H2,74,93)(H2,75,94)(H,78,80)(H,81,105)(H,82,99)(H,83,102)(H,84,109)(H,85,106)(H,86,100)(H,87,101)(H,88,107)(H,89,103)(H,90,110)(H,91,108)(H,92,104)(H,95,96)(H,97,98)(H,111,112)(H4,76,77,79)/t40-,43-,44-,45-,46-,47-,48-,49-,50-,51-,52-,53-,58-/m0/s1. The second-order valence-corrected chi connectivity index (χ2v) is 29.5. The highest BCUT2D eigenvalue weighted by Gasteiger charge is 2.39. The molecule has 624 valence electrons. The third kappa shape index (κ3) is 37.8. The smallest absolute Gasteiger partial charge is 0.326 e. The van der Waals surface area contributed by atoms with Gasteiger partial charge in [0.15, 0.2) is 5.96 Å². The number of nitrogens with one attached hydrogen (secondary N) is 13. The fraction of sp³-hybridized carbons (Fsp3) is 0.625. The van der Waals surface area contributed by atoms with Gasteiger partial charge >= 0.3 is 17.9 Å². The van der Waals surface area contributed by atoms with E-state index >= 15 is 0 Å². The lowest BCUT2D eigenvalue weighted by atomic mass is 9.99. The highest BCUT2D eigenvalue weighted by atomic mass is 16.4. The number of hydrogen-bond acceptors (Lipinski definition) is 20. The molecular weight excluding hydrogens is 1460 g/mol. The zero-order valence-corrected chi connectivity index (χ0v) is 65.3. The van der Waals surface area contributed by atoms with Crippen LogP contribution >= 0.6 is 0 Å². The number of carboxylic acids is 3. The van der Waals surface area contributed by atoms with Gasteiger partial charge in [0, 0.05) is 50.5 Å². The summed E-state index contributed by atoms with van der Waals surface area (Å²) in [5.41, 5.74) is 28.9. The van der Waals surface area contributed by atoms with Crippen LogP contribution in [0.5, 0.6) is 0 Å². The Morgan fingerprint density at radius 3 is 1.21 bits per heavy atom. The van der Waals surface area contributed by atoms with E-state index in [1.165, 1.54) is 33.3 Å². The number of nitrogens with two attached hydrogens (primary N) is 5. The van der Waals surface area contributed by atoms with Gasteiger partial charge in [-0.2, -0.15) is 0 Å². The molecule has 0 spiro atoms. The maximum absolute atomic E-state index is 14.5. The Bertz CT molecular complexity index is 3550. The van der Waals surface area contributed by atoms with Gasteiger partial charge in [0.1, 0.15) is 72.5 Å². The summed E-state index contributed by atoms with van der Waals surface area (Å²) in [6.45, 7) is 18.5. The molecule has 0 saturated carbocycles. The van der Waals surface area contributed by atoms with E-state index in [2.05, 4.69) is 78.8 Å². The molecule has 0 aliphatic carbocycles. The minimum atomic E-state index is -2.19. The van der Waals surface area contributed by atoms with Gasteiger partial charge in [-0.15, -0.1) is 0 Å². The summed E-state index contributed by atoms with van der Waals surface area (Å²) in [6, 6.07) is -11.8. The predicted molar refractivity (Wildman–Crippen MR) is 405 cm³/mol. The fourth-order valence-electron chi connectivity index (χ4n) is 11.3. The SMILES string of the molecule is CC(C)C[C@H](NC(=O)[C@H](CCCN=C(N)N)NC(=O)[C@H](C)NC(=O)[C@H](CC(C)C)NC(=O)[C@@H](N)CC(C)C)C(=O)N[C@@H](CC(C)C)C(=O)N[C@@H](CCC(=O)O)C(=O)N[C@@H](CC(=O)O)C(=O)N[C@@H](CCC(N)=O)C(=O)N[C@@H](CCC(N)=O)C(=O)N[C@H](C(=O)N[C@@H](Cc1cnc[nH]1)C(=O)N[C@@H](Cc1ccccc1)C(=O)O)C(C)C. The van der Waals surface area contributed by atoms with Gasteiger partial charge in [-0.05, 0) is 99.9 Å². The zero-order valence-electron chi connectivity index (χ0n) is 65.3. The van der Waals surface area contributed by atoms with E-state index in [-0.39, 0.29) is 75.2 Å². The lowest BCUT2D eigenvalue weighted by Gasteiger charge is -2.29. The summed E-state index contributed by atoms with van der Waals surface area (Å²) < 4.78 is 0. The van der Waals surface area contributed by atoms with Crippen LogP contribution in [0.2, 0.25) is 0 Å². The Balaban J connectivity index is 2.53. The monoisotopic (exact) mass is 1580 g/mol. The second kappa shape index (κ2) is 49.0. The molecule has 2 aromatic rings. The van der Waals surface area contributed by atoms with Gasteiger partial charge in [0.25, 0.3) is 0 Å². The molecule has 1 aromatic heterocycles. The van der Waals surface area contributed by atoms with Crippen molar-refractivity contribution in [2.24, 2.45) is 63.3 Å². The van der Waals surface area contributed by atoms with Crippen LogP contribution < -0.4 is 92.5 Å². The number of H-pyrrole nitrogens is 1. The Hall–Kier alpha value is -11.4. The largest absolute Gasteiger partial charge is 0.481 e. The predicted octanol–water partition coefficient (Wildman–Crippen LogP) is -3.79. The molecule has 112 heavy (non-hydrogen) atoms. The average Bonchev–Trinajstić information content (AvgIpc) is 1.13. The molecule has 0 unspecified atom stereocenters. The van der Waals surface area contributed by atoms with E-state index in [1.54, 1.807) is 58.0 Å². The highest BCUT2D eigenvalue weighted by molar-refractivity contribution is 6.01. The van der Waals surface area contributed by atoms with Gasteiger partial charge in [-0.3, -0.25) is 81.7 Å². The van der Waals surface area contributed by atoms with Gasteiger partial charge in [0.05, 0.1) is 18.8 Å². The van der Waals surface area contributed by atoms with Crippen molar-refractivity contribution in [3.63, 3.8) is 0 Å². The quantitative estimate of drug-likeness (QED) is 0.0172. The molecule has 2 rings (SSSR count). The Morgan fingerprint density at radius 2 is 0.795 bits per heavy atom. The number of hydrogen-bond donors (Lipinski definition) is 21. The lowest BCUT2D eigenvalue weighted by molar-refractivity contribution is -0.142. The number of rotatable bonds is 53. The number of imidazole rings is 1. The van der Waals surface area contributed by atoms with Crippen molar-refractivity contribution >= 4 is 107 Å². The maximum atomic E-state index is 14.5. The first-order valence-electron chi connectivity index (χ1n) is 37.1. The summed E-state index contributed by atoms with van der Waals surface area (Å²) in [7, 11) is 0. The molecule has 0 aliphatic rings. The Labute approximate surface area is 649 Å². The average molecular weight is 1580 g/mol. The van der Waals surface area contributed by atoms with Crippen molar-refractivity contribution in [3.8, 4) is 0 Å². The van der Waals surface area contributed by atoms with Crippen LogP contribution in [0, 0.1) is 29.6 Å². The first-order chi connectivity index (χ1) is 52.4. The molecule has 14 amide bonds. The molecule has 40 nitrogen and oxygen atoms in total. The number of guanidine groups is 1. The number of aromatic nitrogens is 2. The normalized spacial score (nSPS) is 14.7. The molecular formula is C72H116N20O20. The minimum Gasteiger partial charge on any atom is -0.481 e. The number of carboxylic acid groups (broad SMARTS) is 3.